The summed E-state index contributed by atoms with van der Waals surface area (Å²) in [6.07, 6.45) is 1.29. The van der Waals surface area contributed by atoms with Crippen LogP contribution in [0, 0.1) is 0 Å². The van der Waals surface area contributed by atoms with Crippen LogP contribution in [0.1, 0.15) is 32.3 Å². The predicted molar refractivity (Wildman–Crippen MR) is 86.2 cm³/mol. The minimum absolute atomic E-state index is 0. The van der Waals surface area contributed by atoms with Crippen molar-refractivity contribution in [3.63, 3.8) is 0 Å². The van der Waals surface area contributed by atoms with E-state index in [-0.39, 0.29) is 30.6 Å². The molecular formula is C15H23ClF2N2O3. The highest BCUT2D eigenvalue weighted by molar-refractivity contribution is 5.85. The highest BCUT2D eigenvalue weighted by atomic mass is 35.5. The summed E-state index contributed by atoms with van der Waals surface area (Å²) in [4.78, 5) is 12.1. The van der Waals surface area contributed by atoms with E-state index in [9.17, 15) is 13.6 Å². The van der Waals surface area contributed by atoms with Crippen LogP contribution in [-0.4, -0.2) is 25.2 Å². The van der Waals surface area contributed by atoms with Gasteiger partial charge in [-0.15, -0.1) is 12.4 Å². The molecule has 1 amide bonds. The molecule has 5 nitrogen and oxygen atoms in total. The molecule has 0 aliphatic carbocycles. The summed E-state index contributed by atoms with van der Waals surface area (Å²) < 4.78 is 34.3. The molecule has 8 heteroatoms. The molecule has 132 valence electrons. The Morgan fingerprint density at radius 2 is 2.09 bits per heavy atom. The van der Waals surface area contributed by atoms with Gasteiger partial charge in [-0.25, -0.2) is 0 Å². The lowest BCUT2D eigenvalue weighted by Crippen LogP contribution is -2.51. The molecule has 23 heavy (non-hydrogen) atoms. The fraction of sp³-hybridized carbons (Fsp3) is 0.533. The van der Waals surface area contributed by atoms with Crippen LogP contribution in [0.25, 0.3) is 0 Å². The molecule has 0 aliphatic rings. The SMILES string of the molecule is CCCC(C)(N)C(=O)NCc1cc(OC)ccc1OC(F)F.Cl. The van der Waals surface area contributed by atoms with Crippen LogP contribution >= 0.6 is 12.4 Å². The van der Waals surface area contributed by atoms with Gasteiger partial charge in [0.05, 0.1) is 12.6 Å². The molecule has 0 spiro atoms. The number of rotatable bonds is 8. The zero-order chi connectivity index (χ0) is 16.8. The van der Waals surface area contributed by atoms with Gasteiger partial charge in [-0.2, -0.15) is 8.78 Å². The number of ether oxygens (including phenoxy) is 2. The summed E-state index contributed by atoms with van der Waals surface area (Å²) in [5.74, 6) is 0.125. The summed E-state index contributed by atoms with van der Waals surface area (Å²) in [6.45, 7) is 0.639. The first-order chi connectivity index (χ1) is 10.3. The van der Waals surface area contributed by atoms with Crippen molar-refractivity contribution < 1.29 is 23.0 Å². The topological polar surface area (TPSA) is 73.6 Å². The van der Waals surface area contributed by atoms with Crippen molar-refractivity contribution in [1.82, 2.24) is 5.32 Å². The summed E-state index contributed by atoms with van der Waals surface area (Å²) in [6, 6.07) is 4.42. The molecule has 0 saturated carbocycles. The number of nitrogens with two attached hydrogens (primary N) is 1. The number of carbonyl (C=O) groups excluding carboxylic acids is 1. The zero-order valence-electron chi connectivity index (χ0n) is 13.4. The molecule has 1 aromatic rings. The average Bonchev–Trinajstić information content (AvgIpc) is 2.45. The molecule has 1 unspecified atom stereocenters. The van der Waals surface area contributed by atoms with Crippen molar-refractivity contribution in [3.8, 4) is 11.5 Å². The smallest absolute Gasteiger partial charge is 0.387 e. The molecule has 1 rings (SSSR count). The van der Waals surface area contributed by atoms with Crippen molar-refractivity contribution in [2.45, 2.75) is 45.4 Å². The fourth-order valence-electron chi connectivity index (χ4n) is 2.04. The van der Waals surface area contributed by atoms with Crippen molar-refractivity contribution in [3.05, 3.63) is 23.8 Å². The average molecular weight is 353 g/mol. The van der Waals surface area contributed by atoms with Gasteiger partial charge in [-0.1, -0.05) is 13.3 Å². The number of hydrogen-bond donors (Lipinski definition) is 2. The van der Waals surface area contributed by atoms with Crippen molar-refractivity contribution in [2.75, 3.05) is 7.11 Å². The number of alkyl halides is 2. The third-order valence-electron chi connectivity index (χ3n) is 3.21. The quantitative estimate of drug-likeness (QED) is 0.754. The maximum absolute atomic E-state index is 12.4. The van der Waals surface area contributed by atoms with Crippen LogP contribution in [0.3, 0.4) is 0 Å². The molecular weight excluding hydrogens is 330 g/mol. The lowest BCUT2D eigenvalue weighted by molar-refractivity contribution is -0.126. The maximum Gasteiger partial charge on any atom is 0.387 e. The van der Waals surface area contributed by atoms with Gasteiger partial charge in [0, 0.05) is 12.1 Å². The Hall–Kier alpha value is -1.60. The van der Waals surface area contributed by atoms with E-state index >= 15 is 0 Å². The van der Waals surface area contributed by atoms with Crippen LogP contribution in [0.5, 0.6) is 11.5 Å². The highest BCUT2D eigenvalue weighted by Gasteiger charge is 2.27. The van der Waals surface area contributed by atoms with E-state index in [1.165, 1.54) is 25.3 Å². The molecule has 0 heterocycles. The third-order valence-corrected chi connectivity index (χ3v) is 3.21. The van der Waals surface area contributed by atoms with E-state index < -0.39 is 12.2 Å². The fourth-order valence-corrected chi connectivity index (χ4v) is 2.04. The Morgan fingerprint density at radius 1 is 1.43 bits per heavy atom. The van der Waals surface area contributed by atoms with Gasteiger partial charge in [0.2, 0.25) is 5.91 Å². The molecule has 0 radical (unpaired) electrons. The Labute approximate surface area is 140 Å². The molecule has 1 atom stereocenters. The molecule has 3 N–H and O–H groups in total. The molecule has 0 aromatic heterocycles. The second kappa shape index (κ2) is 9.52. The van der Waals surface area contributed by atoms with Gasteiger partial charge in [0.15, 0.2) is 0 Å². The van der Waals surface area contributed by atoms with Crippen molar-refractivity contribution in [2.24, 2.45) is 5.73 Å². The summed E-state index contributed by atoms with van der Waals surface area (Å²) >= 11 is 0. The van der Waals surface area contributed by atoms with E-state index in [0.29, 0.717) is 17.7 Å². The lowest BCUT2D eigenvalue weighted by Gasteiger charge is -2.23. The number of carbonyl (C=O) groups is 1. The van der Waals surface area contributed by atoms with E-state index in [1.807, 2.05) is 6.92 Å². The van der Waals surface area contributed by atoms with Crippen molar-refractivity contribution >= 4 is 18.3 Å². The van der Waals surface area contributed by atoms with Crippen LogP contribution < -0.4 is 20.5 Å². The number of nitrogens with one attached hydrogen (secondary N) is 1. The Morgan fingerprint density at radius 3 is 2.61 bits per heavy atom. The molecule has 0 bridgehead atoms. The maximum atomic E-state index is 12.4. The van der Waals surface area contributed by atoms with Gasteiger partial charge >= 0.3 is 6.61 Å². The van der Waals surface area contributed by atoms with Crippen LogP contribution in [0.15, 0.2) is 18.2 Å². The molecule has 1 aromatic carbocycles. The van der Waals surface area contributed by atoms with Crippen LogP contribution in [-0.2, 0) is 11.3 Å². The van der Waals surface area contributed by atoms with Gasteiger partial charge in [-0.3, -0.25) is 4.79 Å². The van der Waals surface area contributed by atoms with E-state index in [2.05, 4.69) is 10.1 Å². The van der Waals surface area contributed by atoms with Gasteiger partial charge in [0.1, 0.15) is 11.5 Å². The third kappa shape index (κ3) is 6.58. The van der Waals surface area contributed by atoms with Crippen LogP contribution in [0.2, 0.25) is 0 Å². The number of benzene rings is 1. The van der Waals surface area contributed by atoms with E-state index in [1.54, 1.807) is 6.92 Å². The Balaban J connectivity index is 0.00000484. The zero-order valence-corrected chi connectivity index (χ0v) is 14.2. The molecule has 0 aliphatic heterocycles. The van der Waals surface area contributed by atoms with Crippen molar-refractivity contribution in [1.29, 1.82) is 0 Å². The van der Waals surface area contributed by atoms with Gasteiger partial charge in [0.25, 0.3) is 0 Å². The molecule has 0 saturated heterocycles. The number of methoxy groups -OCH3 is 1. The minimum Gasteiger partial charge on any atom is -0.497 e. The second-order valence-corrected chi connectivity index (χ2v) is 5.20. The summed E-state index contributed by atoms with van der Waals surface area (Å²) in [5.41, 5.74) is 5.31. The van der Waals surface area contributed by atoms with Gasteiger partial charge < -0.3 is 20.5 Å². The summed E-state index contributed by atoms with van der Waals surface area (Å²) in [5, 5.41) is 2.64. The monoisotopic (exact) mass is 352 g/mol. The second-order valence-electron chi connectivity index (χ2n) is 5.20. The predicted octanol–water partition coefficient (Wildman–Crippen LogP) is 2.85. The Bertz CT molecular complexity index is 513. The van der Waals surface area contributed by atoms with Gasteiger partial charge in [-0.05, 0) is 31.5 Å². The lowest BCUT2D eigenvalue weighted by atomic mass is 9.96. The molecule has 0 fully saturated rings. The first-order valence-corrected chi connectivity index (χ1v) is 6.99. The summed E-state index contributed by atoms with van der Waals surface area (Å²) in [7, 11) is 1.46. The standard InChI is InChI=1S/C15H22F2N2O3.ClH/c1-4-7-15(2,18)13(20)19-9-10-8-11(21-3)5-6-12(10)22-14(16)17;/h5-6,8,14H,4,7,9,18H2,1-3H3,(H,19,20);1H. The largest absolute Gasteiger partial charge is 0.497 e. The number of hydrogen-bond acceptors (Lipinski definition) is 4. The first kappa shape index (κ1) is 21.4. The minimum atomic E-state index is -2.94. The normalized spacial score (nSPS) is 13.0. The number of halogens is 3. The first-order valence-electron chi connectivity index (χ1n) is 6.99. The van der Waals surface area contributed by atoms with E-state index in [0.717, 1.165) is 6.42 Å². The highest BCUT2D eigenvalue weighted by Crippen LogP contribution is 2.25. The number of amides is 1. The Kier molecular flexibility index (Phi) is 8.86. The van der Waals surface area contributed by atoms with Crippen LogP contribution in [0.4, 0.5) is 8.78 Å². The van der Waals surface area contributed by atoms with E-state index in [4.69, 9.17) is 10.5 Å².